The van der Waals surface area contributed by atoms with Gasteiger partial charge in [0.1, 0.15) is 0 Å². The van der Waals surface area contributed by atoms with Crippen LogP contribution in [-0.4, -0.2) is 26.2 Å². The van der Waals surface area contributed by atoms with Crippen molar-refractivity contribution in [2.24, 2.45) is 0 Å². The van der Waals surface area contributed by atoms with E-state index in [0.717, 1.165) is 11.3 Å². The summed E-state index contributed by atoms with van der Waals surface area (Å²) in [5, 5.41) is 4.65. The Labute approximate surface area is 92.9 Å². The van der Waals surface area contributed by atoms with Gasteiger partial charge in [0.2, 0.25) is 0 Å². The minimum absolute atomic E-state index is 0.0357. The predicted molar refractivity (Wildman–Crippen MR) is 60.4 cm³/mol. The van der Waals surface area contributed by atoms with Gasteiger partial charge in [-0.1, -0.05) is 0 Å². The number of thiophene rings is 1. The lowest BCUT2D eigenvalue weighted by Crippen LogP contribution is -2.24. The topological polar surface area (TPSA) is 38.3 Å². The van der Waals surface area contributed by atoms with Crippen LogP contribution in [-0.2, 0) is 4.74 Å². The summed E-state index contributed by atoms with van der Waals surface area (Å²) in [6, 6.07) is 1.76. The van der Waals surface area contributed by atoms with Crippen LogP contribution >= 0.6 is 24.0 Å². The van der Waals surface area contributed by atoms with Crippen LogP contribution in [0, 0.1) is 0 Å². The second kappa shape index (κ2) is 6.06. The molecule has 0 radical (unpaired) electrons. The minimum Gasteiger partial charge on any atom is -0.385 e. The summed E-state index contributed by atoms with van der Waals surface area (Å²) in [6.07, 6.45) is 0.835. The maximum absolute atomic E-state index is 11.4. The number of methoxy groups -OCH3 is 1. The monoisotopic (exact) mass is 231 g/mol. The van der Waals surface area contributed by atoms with Crippen LogP contribution in [0.1, 0.15) is 16.1 Å². The van der Waals surface area contributed by atoms with Crippen molar-refractivity contribution in [2.45, 2.75) is 11.3 Å². The Morgan fingerprint density at radius 3 is 3.07 bits per heavy atom. The van der Waals surface area contributed by atoms with Crippen molar-refractivity contribution in [1.29, 1.82) is 0 Å². The highest BCUT2D eigenvalue weighted by molar-refractivity contribution is 7.80. The van der Waals surface area contributed by atoms with E-state index in [1.807, 2.05) is 5.38 Å². The van der Waals surface area contributed by atoms with Crippen LogP contribution < -0.4 is 5.32 Å². The first-order valence-electron chi connectivity index (χ1n) is 4.28. The van der Waals surface area contributed by atoms with Gasteiger partial charge in [0.25, 0.3) is 5.91 Å². The average Bonchev–Trinajstić information content (AvgIpc) is 2.59. The zero-order chi connectivity index (χ0) is 10.4. The highest BCUT2D eigenvalue weighted by Crippen LogP contribution is 2.17. The van der Waals surface area contributed by atoms with Crippen molar-refractivity contribution >= 4 is 29.9 Å². The van der Waals surface area contributed by atoms with Crippen LogP contribution in [0.15, 0.2) is 16.3 Å². The van der Waals surface area contributed by atoms with Crippen LogP contribution in [0.2, 0.25) is 0 Å². The summed E-state index contributed by atoms with van der Waals surface area (Å²) in [7, 11) is 1.65. The largest absolute Gasteiger partial charge is 0.385 e. The van der Waals surface area contributed by atoms with E-state index in [1.54, 1.807) is 13.2 Å². The van der Waals surface area contributed by atoms with Crippen LogP contribution in [0.5, 0.6) is 0 Å². The molecule has 0 saturated carbocycles. The lowest BCUT2D eigenvalue weighted by atomic mass is 10.4. The molecule has 1 rings (SSSR count). The molecule has 1 amide bonds. The van der Waals surface area contributed by atoms with Gasteiger partial charge >= 0.3 is 0 Å². The first-order chi connectivity index (χ1) is 6.74. The third kappa shape index (κ3) is 3.69. The molecule has 0 aliphatic carbocycles. The fourth-order valence-corrected chi connectivity index (χ4v) is 2.02. The van der Waals surface area contributed by atoms with E-state index < -0.39 is 0 Å². The molecule has 0 aromatic carbocycles. The minimum atomic E-state index is -0.0357. The number of rotatable bonds is 5. The Bertz CT molecular complexity index is 299. The third-order valence-electron chi connectivity index (χ3n) is 1.62. The number of nitrogens with one attached hydrogen (secondary N) is 1. The molecule has 0 fully saturated rings. The molecule has 0 bridgehead atoms. The van der Waals surface area contributed by atoms with Gasteiger partial charge in [0.15, 0.2) is 0 Å². The van der Waals surface area contributed by atoms with Gasteiger partial charge in [-0.2, -0.15) is 0 Å². The molecule has 0 aliphatic heterocycles. The molecule has 1 heterocycles. The van der Waals surface area contributed by atoms with Gasteiger partial charge < -0.3 is 10.1 Å². The number of amides is 1. The molecule has 0 spiro atoms. The molecule has 1 N–H and O–H groups in total. The van der Waals surface area contributed by atoms with E-state index in [2.05, 4.69) is 17.9 Å². The molecule has 3 nitrogen and oxygen atoms in total. The summed E-state index contributed by atoms with van der Waals surface area (Å²) in [4.78, 5) is 13.0. The summed E-state index contributed by atoms with van der Waals surface area (Å²) in [5.41, 5.74) is 0. The van der Waals surface area contributed by atoms with Crippen molar-refractivity contribution in [3.63, 3.8) is 0 Å². The number of hydrogen-bond donors (Lipinski definition) is 2. The summed E-state index contributed by atoms with van der Waals surface area (Å²) in [5.74, 6) is -0.0357. The smallest absolute Gasteiger partial charge is 0.261 e. The lowest BCUT2D eigenvalue weighted by Gasteiger charge is -2.02. The molecule has 1 aromatic heterocycles. The normalized spacial score (nSPS) is 10.1. The molecular formula is C9H13NO2S2. The second-order valence-corrected chi connectivity index (χ2v) is 4.20. The van der Waals surface area contributed by atoms with Gasteiger partial charge in [-0.3, -0.25) is 4.79 Å². The van der Waals surface area contributed by atoms with E-state index >= 15 is 0 Å². The first kappa shape index (κ1) is 11.6. The van der Waals surface area contributed by atoms with E-state index in [0.29, 0.717) is 18.0 Å². The summed E-state index contributed by atoms with van der Waals surface area (Å²) >= 11 is 5.54. The van der Waals surface area contributed by atoms with Crippen molar-refractivity contribution in [3.8, 4) is 0 Å². The number of thiol groups is 1. The third-order valence-corrected chi connectivity index (χ3v) is 2.98. The molecule has 0 unspecified atom stereocenters. The zero-order valence-electron chi connectivity index (χ0n) is 7.95. The van der Waals surface area contributed by atoms with Gasteiger partial charge in [-0.25, -0.2) is 0 Å². The zero-order valence-corrected chi connectivity index (χ0v) is 9.66. The van der Waals surface area contributed by atoms with Crippen molar-refractivity contribution in [1.82, 2.24) is 5.32 Å². The quantitative estimate of drug-likeness (QED) is 0.599. The molecule has 5 heteroatoms. The molecule has 0 aliphatic rings. The Hall–Kier alpha value is -0.520. The molecule has 1 aromatic rings. The van der Waals surface area contributed by atoms with Crippen molar-refractivity contribution < 1.29 is 9.53 Å². The maximum Gasteiger partial charge on any atom is 0.261 e. The molecule has 78 valence electrons. The predicted octanol–water partition coefficient (Wildman–Crippen LogP) is 1.80. The Morgan fingerprint density at radius 2 is 2.50 bits per heavy atom. The molecule has 14 heavy (non-hydrogen) atoms. The van der Waals surface area contributed by atoms with Crippen LogP contribution in [0.3, 0.4) is 0 Å². The molecule has 0 saturated heterocycles. The van der Waals surface area contributed by atoms with E-state index in [4.69, 9.17) is 4.74 Å². The molecular weight excluding hydrogens is 218 g/mol. The molecule has 0 atom stereocenters. The highest BCUT2D eigenvalue weighted by Gasteiger charge is 2.06. The summed E-state index contributed by atoms with van der Waals surface area (Å²) < 4.78 is 4.87. The van der Waals surface area contributed by atoms with Gasteiger partial charge in [-0.15, -0.1) is 24.0 Å². The fraction of sp³-hybridized carbons (Fsp3) is 0.444. The van der Waals surface area contributed by atoms with Crippen LogP contribution in [0.25, 0.3) is 0 Å². The Morgan fingerprint density at radius 1 is 1.71 bits per heavy atom. The maximum atomic E-state index is 11.4. The summed E-state index contributed by atoms with van der Waals surface area (Å²) in [6.45, 7) is 1.31. The Kier molecular flexibility index (Phi) is 5.00. The standard InChI is InChI=1S/C9H13NO2S2/c1-12-4-2-3-10-9(11)8-5-7(13)6-14-8/h5-6,13H,2-4H2,1H3,(H,10,11). The number of carbonyl (C=O) groups is 1. The number of hydrogen-bond acceptors (Lipinski definition) is 4. The second-order valence-electron chi connectivity index (χ2n) is 2.77. The van der Waals surface area contributed by atoms with Crippen molar-refractivity contribution in [3.05, 3.63) is 16.3 Å². The highest BCUT2D eigenvalue weighted by atomic mass is 32.1. The first-order valence-corrected chi connectivity index (χ1v) is 5.61. The average molecular weight is 231 g/mol. The lowest BCUT2D eigenvalue weighted by molar-refractivity contribution is 0.0952. The van der Waals surface area contributed by atoms with E-state index in [9.17, 15) is 4.79 Å². The van der Waals surface area contributed by atoms with Gasteiger partial charge in [0.05, 0.1) is 4.88 Å². The van der Waals surface area contributed by atoms with Gasteiger partial charge in [-0.05, 0) is 12.5 Å². The SMILES string of the molecule is COCCCNC(=O)c1cc(S)cs1. The van der Waals surface area contributed by atoms with Crippen molar-refractivity contribution in [2.75, 3.05) is 20.3 Å². The van der Waals surface area contributed by atoms with Crippen LogP contribution in [0.4, 0.5) is 0 Å². The van der Waals surface area contributed by atoms with E-state index in [-0.39, 0.29) is 5.91 Å². The van der Waals surface area contributed by atoms with E-state index in [1.165, 1.54) is 11.3 Å². The van der Waals surface area contributed by atoms with Gasteiger partial charge in [0, 0.05) is 30.5 Å². The number of ether oxygens (including phenoxy) is 1. The number of carbonyl (C=O) groups excluding carboxylic acids is 1. The fourth-order valence-electron chi connectivity index (χ4n) is 0.951. The Balaban J connectivity index is 2.29.